The van der Waals surface area contributed by atoms with Crippen LogP contribution in [0.4, 0.5) is 0 Å². The van der Waals surface area contributed by atoms with Crippen molar-refractivity contribution >= 4 is 5.91 Å². The van der Waals surface area contributed by atoms with Crippen molar-refractivity contribution in [3.05, 3.63) is 29.8 Å². The van der Waals surface area contributed by atoms with E-state index in [4.69, 9.17) is 4.74 Å². The zero-order valence-electron chi connectivity index (χ0n) is 10.5. The first kappa shape index (κ1) is 13.5. The molecule has 0 heterocycles. The summed E-state index contributed by atoms with van der Waals surface area (Å²) in [6, 6.07) is 7.14. The zero-order valence-corrected chi connectivity index (χ0v) is 10.5. The summed E-state index contributed by atoms with van der Waals surface area (Å²) in [5.74, 6) is 0.551. The zero-order chi connectivity index (χ0) is 12.8. The van der Waals surface area contributed by atoms with Crippen molar-refractivity contribution in [1.29, 1.82) is 0 Å². The predicted molar refractivity (Wildman–Crippen MR) is 65.9 cm³/mol. The van der Waals surface area contributed by atoms with E-state index in [1.54, 1.807) is 26.2 Å². The van der Waals surface area contributed by atoms with Gasteiger partial charge < -0.3 is 14.7 Å². The van der Waals surface area contributed by atoms with Gasteiger partial charge in [0.25, 0.3) is 5.91 Å². The van der Waals surface area contributed by atoms with Crippen LogP contribution in [0.2, 0.25) is 0 Å². The van der Waals surface area contributed by atoms with Crippen LogP contribution < -0.4 is 4.74 Å². The molecule has 94 valence electrons. The van der Waals surface area contributed by atoms with Gasteiger partial charge in [0.2, 0.25) is 0 Å². The normalized spacial score (nSPS) is 12.0. The predicted octanol–water partition coefficient (Wildman–Crippen LogP) is 1.60. The van der Waals surface area contributed by atoms with E-state index in [9.17, 15) is 9.90 Å². The smallest absolute Gasteiger partial charge is 0.259 e. The second-order valence-electron chi connectivity index (χ2n) is 4.07. The van der Waals surface area contributed by atoms with E-state index < -0.39 is 6.10 Å². The molecule has 0 aliphatic carbocycles. The lowest BCUT2D eigenvalue weighted by atomic mass is 10.1. The molecule has 17 heavy (non-hydrogen) atoms. The summed E-state index contributed by atoms with van der Waals surface area (Å²) in [5.41, 5.74) is 0.860. The minimum absolute atomic E-state index is 0.0304. The van der Waals surface area contributed by atoms with Crippen LogP contribution >= 0.6 is 0 Å². The van der Waals surface area contributed by atoms with E-state index in [1.165, 1.54) is 4.90 Å². The van der Waals surface area contributed by atoms with Crippen molar-refractivity contribution in [3.8, 4) is 5.75 Å². The maximum Gasteiger partial charge on any atom is 0.259 e. The summed E-state index contributed by atoms with van der Waals surface area (Å²) >= 11 is 0. The summed E-state index contributed by atoms with van der Waals surface area (Å²) < 4.78 is 5.32. The summed E-state index contributed by atoms with van der Waals surface area (Å²) in [5, 5.41) is 9.61. The molecule has 4 heteroatoms. The van der Waals surface area contributed by atoms with Gasteiger partial charge in [-0.1, -0.05) is 19.1 Å². The van der Waals surface area contributed by atoms with Gasteiger partial charge >= 0.3 is 0 Å². The van der Waals surface area contributed by atoms with Crippen LogP contribution in [-0.2, 0) is 4.79 Å². The molecular weight excluding hydrogens is 218 g/mol. The number of benzene rings is 1. The quantitative estimate of drug-likeness (QED) is 0.846. The third-order valence-corrected chi connectivity index (χ3v) is 2.51. The number of nitrogens with zero attached hydrogens (tertiary/aromatic N) is 1. The van der Waals surface area contributed by atoms with E-state index in [0.29, 0.717) is 12.2 Å². The molecule has 0 aromatic heterocycles. The maximum atomic E-state index is 11.3. The molecule has 0 fully saturated rings. The second kappa shape index (κ2) is 6.25. The lowest BCUT2D eigenvalue weighted by Crippen LogP contribution is -2.27. The average molecular weight is 237 g/mol. The number of ether oxygens (including phenoxy) is 1. The van der Waals surface area contributed by atoms with E-state index in [-0.39, 0.29) is 12.5 Å². The topological polar surface area (TPSA) is 49.8 Å². The van der Waals surface area contributed by atoms with Crippen molar-refractivity contribution < 1.29 is 14.6 Å². The highest BCUT2D eigenvalue weighted by molar-refractivity contribution is 5.77. The van der Waals surface area contributed by atoms with Gasteiger partial charge in [-0.15, -0.1) is 0 Å². The van der Waals surface area contributed by atoms with Crippen LogP contribution in [0.15, 0.2) is 24.3 Å². The number of carbonyl (C=O) groups is 1. The maximum absolute atomic E-state index is 11.3. The van der Waals surface area contributed by atoms with Gasteiger partial charge in [0.05, 0.1) is 6.10 Å². The molecular formula is C13H19NO3. The van der Waals surface area contributed by atoms with Gasteiger partial charge in [-0.3, -0.25) is 4.79 Å². The molecule has 0 aliphatic heterocycles. The Morgan fingerprint density at radius 1 is 1.35 bits per heavy atom. The van der Waals surface area contributed by atoms with Gasteiger partial charge in [-0.05, 0) is 24.1 Å². The Morgan fingerprint density at radius 2 is 1.94 bits per heavy atom. The molecule has 1 aromatic carbocycles. The average Bonchev–Trinajstić information content (AvgIpc) is 2.35. The van der Waals surface area contributed by atoms with Gasteiger partial charge in [-0.25, -0.2) is 0 Å². The lowest BCUT2D eigenvalue weighted by Gasteiger charge is -2.12. The van der Waals surface area contributed by atoms with Crippen molar-refractivity contribution in [3.63, 3.8) is 0 Å². The highest BCUT2D eigenvalue weighted by Crippen LogP contribution is 2.19. The Balaban J connectivity index is 2.54. The standard InChI is InChI=1S/C13H19NO3/c1-4-12(15)10-5-7-11(8-6-10)17-9-13(16)14(2)3/h5-8,12,15H,4,9H2,1-3H3/t12-/m1/s1. The first-order valence-electron chi connectivity index (χ1n) is 5.65. The SMILES string of the molecule is CC[C@@H](O)c1ccc(OCC(=O)N(C)C)cc1. The van der Waals surface area contributed by atoms with Crippen molar-refractivity contribution in [2.75, 3.05) is 20.7 Å². The lowest BCUT2D eigenvalue weighted by molar-refractivity contribution is -0.130. The van der Waals surface area contributed by atoms with E-state index >= 15 is 0 Å². The molecule has 0 saturated heterocycles. The Bertz CT molecular complexity index is 359. The van der Waals surface area contributed by atoms with Crippen LogP contribution in [-0.4, -0.2) is 36.6 Å². The minimum Gasteiger partial charge on any atom is -0.484 e. The number of amides is 1. The molecule has 0 unspecified atom stereocenters. The molecule has 1 N–H and O–H groups in total. The molecule has 1 rings (SSSR count). The van der Waals surface area contributed by atoms with Gasteiger partial charge in [0.1, 0.15) is 5.75 Å². The minimum atomic E-state index is -0.438. The molecule has 1 atom stereocenters. The number of hydrogen-bond donors (Lipinski definition) is 1. The van der Waals surface area contributed by atoms with Crippen LogP contribution in [0.5, 0.6) is 5.75 Å². The molecule has 0 spiro atoms. The highest BCUT2D eigenvalue weighted by Gasteiger charge is 2.06. The Kier molecular flexibility index (Phi) is 4.97. The van der Waals surface area contributed by atoms with Gasteiger partial charge in [-0.2, -0.15) is 0 Å². The Hall–Kier alpha value is -1.55. The number of aliphatic hydroxyl groups excluding tert-OH is 1. The molecule has 0 bridgehead atoms. The molecule has 1 amide bonds. The number of likely N-dealkylation sites (N-methyl/N-ethyl adjacent to an activating group) is 1. The monoisotopic (exact) mass is 237 g/mol. The molecule has 4 nitrogen and oxygen atoms in total. The first-order chi connectivity index (χ1) is 8.04. The molecule has 0 saturated carbocycles. The number of carbonyl (C=O) groups excluding carboxylic acids is 1. The summed E-state index contributed by atoms with van der Waals surface area (Å²) in [7, 11) is 3.37. The third kappa shape index (κ3) is 4.07. The van der Waals surface area contributed by atoms with Crippen molar-refractivity contribution in [2.45, 2.75) is 19.4 Å². The van der Waals surface area contributed by atoms with E-state index in [2.05, 4.69) is 0 Å². The van der Waals surface area contributed by atoms with Crippen LogP contribution in [0.1, 0.15) is 25.0 Å². The summed E-state index contributed by atoms with van der Waals surface area (Å²) in [6.45, 7) is 1.95. The Morgan fingerprint density at radius 3 is 2.41 bits per heavy atom. The fraction of sp³-hybridized carbons (Fsp3) is 0.462. The van der Waals surface area contributed by atoms with E-state index in [0.717, 1.165) is 5.56 Å². The van der Waals surface area contributed by atoms with Crippen molar-refractivity contribution in [1.82, 2.24) is 4.90 Å². The molecule has 1 aromatic rings. The number of rotatable bonds is 5. The molecule has 0 radical (unpaired) electrons. The van der Waals surface area contributed by atoms with Crippen LogP contribution in [0, 0.1) is 0 Å². The van der Waals surface area contributed by atoms with Crippen molar-refractivity contribution in [2.24, 2.45) is 0 Å². The first-order valence-corrected chi connectivity index (χ1v) is 5.65. The fourth-order valence-electron chi connectivity index (χ4n) is 1.30. The number of aliphatic hydroxyl groups is 1. The Labute approximate surface area is 102 Å². The van der Waals surface area contributed by atoms with Gasteiger partial charge in [0, 0.05) is 14.1 Å². The van der Waals surface area contributed by atoms with Gasteiger partial charge in [0.15, 0.2) is 6.61 Å². The van der Waals surface area contributed by atoms with E-state index in [1.807, 2.05) is 19.1 Å². The third-order valence-electron chi connectivity index (χ3n) is 2.51. The molecule has 0 aliphatic rings. The second-order valence-corrected chi connectivity index (χ2v) is 4.07. The summed E-state index contributed by atoms with van der Waals surface area (Å²) in [6.07, 6.45) is 0.242. The fourth-order valence-corrected chi connectivity index (χ4v) is 1.30. The highest BCUT2D eigenvalue weighted by atomic mass is 16.5. The number of hydrogen-bond acceptors (Lipinski definition) is 3. The van der Waals surface area contributed by atoms with Crippen LogP contribution in [0.25, 0.3) is 0 Å². The van der Waals surface area contributed by atoms with Crippen LogP contribution in [0.3, 0.4) is 0 Å². The largest absolute Gasteiger partial charge is 0.484 e. The summed E-state index contributed by atoms with van der Waals surface area (Å²) in [4.78, 5) is 12.8.